The van der Waals surface area contributed by atoms with Crippen molar-refractivity contribution in [3.63, 3.8) is 0 Å². The number of nitrogens with two attached hydrogens (primary N) is 1. The molecule has 4 saturated carbocycles. The van der Waals surface area contributed by atoms with Gasteiger partial charge in [0.2, 0.25) is 0 Å². The minimum absolute atomic E-state index is 0.510. The smallest absolute Gasteiger partial charge is 0.0509 e. The summed E-state index contributed by atoms with van der Waals surface area (Å²) in [5.41, 5.74) is 3.22. The molecule has 2 atom stereocenters. The van der Waals surface area contributed by atoms with Crippen LogP contribution < -0.4 is 11.3 Å². The van der Waals surface area contributed by atoms with E-state index >= 15 is 0 Å². The van der Waals surface area contributed by atoms with E-state index in [0.29, 0.717) is 12.0 Å². The monoisotopic (exact) mass is 264 g/mol. The van der Waals surface area contributed by atoms with E-state index in [9.17, 15) is 0 Å². The fourth-order valence-corrected chi connectivity index (χ4v) is 6.16. The van der Waals surface area contributed by atoms with Crippen LogP contribution in [0.4, 0.5) is 0 Å². The average Bonchev–Trinajstić information content (AvgIpc) is 2.43. The second-order valence-electron chi connectivity index (χ2n) is 7.68. The SMILES string of the molecule is NNC(C1CCCOC1)C1C2CC3CC(C2)CC1C3. The summed E-state index contributed by atoms with van der Waals surface area (Å²) < 4.78 is 5.71. The van der Waals surface area contributed by atoms with Crippen LogP contribution >= 0.6 is 0 Å². The van der Waals surface area contributed by atoms with Crippen molar-refractivity contribution >= 4 is 0 Å². The zero-order valence-corrected chi connectivity index (χ0v) is 11.9. The van der Waals surface area contributed by atoms with Crippen molar-refractivity contribution in [2.45, 2.75) is 51.0 Å². The first-order valence-corrected chi connectivity index (χ1v) is 8.39. The molecule has 0 radical (unpaired) electrons. The van der Waals surface area contributed by atoms with Gasteiger partial charge in [-0.2, -0.15) is 0 Å². The number of nitrogens with one attached hydrogen (secondary N) is 1. The van der Waals surface area contributed by atoms with Crippen LogP contribution in [-0.2, 0) is 4.74 Å². The molecular formula is C16H28N2O. The van der Waals surface area contributed by atoms with Crippen LogP contribution in [0.3, 0.4) is 0 Å². The lowest BCUT2D eigenvalue weighted by molar-refractivity contribution is -0.0742. The highest BCUT2D eigenvalue weighted by molar-refractivity contribution is 5.02. The minimum atomic E-state index is 0.510. The Balaban J connectivity index is 1.53. The van der Waals surface area contributed by atoms with Crippen LogP contribution in [0, 0.1) is 35.5 Å². The number of hydrogen-bond donors (Lipinski definition) is 2. The Kier molecular flexibility index (Phi) is 3.33. The third kappa shape index (κ3) is 2.14. The largest absolute Gasteiger partial charge is 0.381 e. The molecule has 3 N–H and O–H groups in total. The van der Waals surface area contributed by atoms with Crippen molar-refractivity contribution in [1.29, 1.82) is 0 Å². The second kappa shape index (κ2) is 5.01. The molecule has 4 bridgehead atoms. The van der Waals surface area contributed by atoms with Gasteiger partial charge in [-0.15, -0.1) is 0 Å². The standard InChI is InChI=1S/C16H28N2O/c17-18-16(12-2-1-3-19-9-12)15-13-5-10-4-11(7-13)8-14(15)6-10/h10-16,18H,1-9,17H2. The summed E-state index contributed by atoms with van der Waals surface area (Å²) in [7, 11) is 0. The molecule has 0 spiro atoms. The molecule has 0 aromatic carbocycles. The molecule has 3 heteroatoms. The van der Waals surface area contributed by atoms with E-state index in [1.54, 1.807) is 0 Å². The van der Waals surface area contributed by atoms with Gasteiger partial charge in [0, 0.05) is 12.6 Å². The summed E-state index contributed by atoms with van der Waals surface area (Å²) in [5, 5.41) is 0. The van der Waals surface area contributed by atoms with E-state index in [-0.39, 0.29) is 0 Å². The van der Waals surface area contributed by atoms with E-state index < -0.39 is 0 Å². The van der Waals surface area contributed by atoms with Gasteiger partial charge in [-0.1, -0.05) is 0 Å². The Morgan fingerprint density at radius 3 is 2.21 bits per heavy atom. The fraction of sp³-hybridized carbons (Fsp3) is 1.00. The van der Waals surface area contributed by atoms with Crippen LogP contribution in [0.15, 0.2) is 0 Å². The minimum Gasteiger partial charge on any atom is -0.381 e. The van der Waals surface area contributed by atoms with E-state index in [4.69, 9.17) is 10.6 Å². The zero-order valence-electron chi connectivity index (χ0n) is 11.9. The first kappa shape index (κ1) is 12.6. The molecule has 4 aliphatic carbocycles. The zero-order chi connectivity index (χ0) is 12.8. The quantitative estimate of drug-likeness (QED) is 0.607. The van der Waals surface area contributed by atoms with Crippen LogP contribution in [-0.4, -0.2) is 19.3 Å². The first-order valence-electron chi connectivity index (χ1n) is 8.39. The molecule has 108 valence electrons. The lowest BCUT2D eigenvalue weighted by atomic mass is 9.49. The number of hydrogen-bond acceptors (Lipinski definition) is 3. The van der Waals surface area contributed by atoms with E-state index in [1.165, 1.54) is 44.9 Å². The van der Waals surface area contributed by atoms with Crippen LogP contribution in [0.25, 0.3) is 0 Å². The maximum absolute atomic E-state index is 5.98. The molecule has 0 aromatic rings. The summed E-state index contributed by atoms with van der Waals surface area (Å²) in [5.74, 6) is 11.5. The van der Waals surface area contributed by atoms with Crippen LogP contribution in [0.2, 0.25) is 0 Å². The highest BCUT2D eigenvalue weighted by atomic mass is 16.5. The number of rotatable bonds is 3. The van der Waals surface area contributed by atoms with Gasteiger partial charge in [-0.25, -0.2) is 0 Å². The van der Waals surface area contributed by atoms with Gasteiger partial charge in [-0.05, 0) is 80.5 Å². The van der Waals surface area contributed by atoms with Crippen molar-refractivity contribution in [3.05, 3.63) is 0 Å². The molecule has 0 aromatic heterocycles. The Morgan fingerprint density at radius 2 is 1.68 bits per heavy atom. The summed E-state index contributed by atoms with van der Waals surface area (Å²) in [4.78, 5) is 0. The Morgan fingerprint density at radius 1 is 1.00 bits per heavy atom. The summed E-state index contributed by atoms with van der Waals surface area (Å²) in [6, 6.07) is 0.510. The maximum atomic E-state index is 5.98. The molecule has 5 fully saturated rings. The van der Waals surface area contributed by atoms with E-state index in [0.717, 1.165) is 42.8 Å². The molecule has 5 rings (SSSR count). The normalized spacial score (nSPS) is 50.4. The van der Waals surface area contributed by atoms with Crippen molar-refractivity contribution in [1.82, 2.24) is 5.43 Å². The predicted octanol–water partition coefficient (Wildman–Crippen LogP) is 2.32. The van der Waals surface area contributed by atoms with Gasteiger partial charge in [0.15, 0.2) is 0 Å². The third-order valence-corrected chi connectivity index (χ3v) is 6.61. The van der Waals surface area contributed by atoms with E-state index in [2.05, 4.69) is 5.43 Å². The van der Waals surface area contributed by atoms with Crippen molar-refractivity contribution < 1.29 is 4.74 Å². The topological polar surface area (TPSA) is 47.3 Å². The van der Waals surface area contributed by atoms with Gasteiger partial charge < -0.3 is 4.74 Å². The lowest BCUT2D eigenvalue weighted by Gasteiger charge is -2.57. The second-order valence-corrected chi connectivity index (χ2v) is 7.68. The Bertz CT molecular complexity index is 299. The van der Waals surface area contributed by atoms with E-state index in [1.807, 2.05) is 0 Å². The van der Waals surface area contributed by atoms with Crippen LogP contribution in [0.5, 0.6) is 0 Å². The molecule has 0 amide bonds. The average molecular weight is 264 g/mol. The van der Waals surface area contributed by atoms with Crippen molar-refractivity contribution in [2.24, 2.45) is 41.4 Å². The lowest BCUT2D eigenvalue weighted by Crippen LogP contribution is -2.57. The fourth-order valence-electron chi connectivity index (χ4n) is 6.16. The van der Waals surface area contributed by atoms with Gasteiger partial charge in [-0.3, -0.25) is 11.3 Å². The molecular weight excluding hydrogens is 236 g/mol. The highest BCUT2D eigenvalue weighted by Crippen LogP contribution is 2.58. The molecule has 19 heavy (non-hydrogen) atoms. The molecule has 5 aliphatic rings. The first-order chi connectivity index (χ1) is 9.35. The maximum Gasteiger partial charge on any atom is 0.0509 e. The highest BCUT2D eigenvalue weighted by Gasteiger charge is 2.51. The number of hydrazine groups is 1. The molecule has 1 heterocycles. The van der Waals surface area contributed by atoms with Gasteiger partial charge in [0.05, 0.1) is 6.61 Å². The predicted molar refractivity (Wildman–Crippen MR) is 75.2 cm³/mol. The third-order valence-electron chi connectivity index (χ3n) is 6.61. The Labute approximate surface area is 116 Å². The van der Waals surface area contributed by atoms with Crippen LogP contribution in [0.1, 0.15) is 44.9 Å². The van der Waals surface area contributed by atoms with Gasteiger partial charge in [0.1, 0.15) is 0 Å². The molecule has 3 nitrogen and oxygen atoms in total. The van der Waals surface area contributed by atoms with Gasteiger partial charge >= 0.3 is 0 Å². The molecule has 2 unspecified atom stereocenters. The summed E-state index contributed by atoms with van der Waals surface area (Å²) >= 11 is 0. The summed E-state index contributed by atoms with van der Waals surface area (Å²) in [6.07, 6.45) is 10.0. The Hall–Kier alpha value is -0.120. The van der Waals surface area contributed by atoms with Crippen molar-refractivity contribution in [3.8, 4) is 0 Å². The summed E-state index contributed by atoms with van der Waals surface area (Å²) in [6.45, 7) is 1.88. The molecule has 1 aliphatic heterocycles. The number of ether oxygens (including phenoxy) is 1. The van der Waals surface area contributed by atoms with Gasteiger partial charge in [0.25, 0.3) is 0 Å². The molecule has 1 saturated heterocycles. The van der Waals surface area contributed by atoms with Crippen molar-refractivity contribution in [2.75, 3.05) is 13.2 Å².